The minimum atomic E-state index is 0.546. The van der Waals surface area contributed by atoms with Crippen LogP contribution >= 0.6 is 0 Å². The lowest BCUT2D eigenvalue weighted by molar-refractivity contribution is 0.0752. The fraction of sp³-hybridized carbons (Fsp3) is 1.00. The van der Waals surface area contributed by atoms with Crippen LogP contribution in [0.5, 0.6) is 0 Å². The van der Waals surface area contributed by atoms with E-state index in [1.807, 2.05) is 0 Å². The van der Waals surface area contributed by atoms with Crippen molar-refractivity contribution in [3.05, 3.63) is 0 Å². The maximum Gasteiger partial charge on any atom is 0.00966 e. The Morgan fingerprint density at radius 2 is 2.00 bits per heavy atom. The van der Waals surface area contributed by atoms with Gasteiger partial charge in [0, 0.05) is 19.1 Å². The first-order valence-corrected chi connectivity index (χ1v) is 9.49. The molecule has 124 valence electrons. The van der Waals surface area contributed by atoms with Gasteiger partial charge in [-0.3, -0.25) is 4.90 Å². The molecule has 21 heavy (non-hydrogen) atoms. The third-order valence-electron chi connectivity index (χ3n) is 5.35. The summed E-state index contributed by atoms with van der Waals surface area (Å²) in [5.74, 6) is 1.68. The quantitative estimate of drug-likeness (QED) is 0.682. The van der Waals surface area contributed by atoms with E-state index < -0.39 is 0 Å². The molecule has 0 radical (unpaired) electrons. The summed E-state index contributed by atoms with van der Waals surface area (Å²) < 4.78 is 0. The van der Waals surface area contributed by atoms with E-state index in [4.69, 9.17) is 0 Å². The second-order valence-corrected chi connectivity index (χ2v) is 8.43. The van der Waals surface area contributed by atoms with Gasteiger partial charge in [-0.1, -0.05) is 40.5 Å². The van der Waals surface area contributed by atoms with Crippen LogP contribution in [0.2, 0.25) is 0 Å². The lowest BCUT2D eigenvalue weighted by Gasteiger charge is -2.44. The monoisotopic (exact) mass is 294 g/mol. The molecule has 0 amide bonds. The molecule has 0 aromatic rings. The van der Waals surface area contributed by atoms with E-state index >= 15 is 0 Å². The standard InChI is InChI=1S/C19H38N2/c1-5-11-21(18-8-9-18)15-19(14-20-13-16(2)3)10-6-7-17(4)12-19/h16-18,20H,5-15H2,1-4H3. The first kappa shape index (κ1) is 17.3. The summed E-state index contributed by atoms with van der Waals surface area (Å²) in [4.78, 5) is 2.83. The van der Waals surface area contributed by atoms with E-state index in [-0.39, 0.29) is 0 Å². The second kappa shape index (κ2) is 7.97. The molecule has 2 aliphatic rings. The fourth-order valence-electron chi connectivity index (χ4n) is 4.30. The van der Waals surface area contributed by atoms with E-state index in [1.54, 1.807) is 0 Å². The van der Waals surface area contributed by atoms with Crippen LogP contribution in [-0.4, -0.2) is 37.1 Å². The minimum absolute atomic E-state index is 0.546. The number of hydrogen-bond acceptors (Lipinski definition) is 2. The molecule has 2 nitrogen and oxygen atoms in total. The summed E-state index contributed by atoms with van der Waals surface area (Å²) in [5, 5.41) is 3.80. The van der Waals surface area contributed by atoms with Gasteiger partial charge >= 0.3 is 0 Å². The Labute approximate surface area is 133 Å². The zero-order valence-corrected chi connectivity index (χ0v) is 15.0. The van der Waals surface area contributed by atoms with Crippen LogP contribution in [0.1, 0.15) is 72.6 Å². The molecule has 2 saturated carbocycles. The van der Waals surface area contributed by atoms with Crippen molar-refractivity contribution in [1.82, 2.24) is 10.2 Å². The Morgan fingerprint density at radius 1 is 1.24 bits per heavy atom. The van der Waals surface area contributed by atoms with E-state index in [9.17, 15) is 0 Å². The summed E-state index contributed by atoms with van der Waals surface area (Å²) in [6, 6.07) is 0.921. The molecule has 0 heterocycles. The van der Waals surface area contributed by atoms with Gasteiger partial charge in [-0.15, -0.1) is 0 Å². The third kappa shape index (κ3) is 5.56. The van der Waals surface area contributed by atoms with Gasteiger partial charge in [-0.05, 0) is 62.4 Å². The van der Waals surface area contributed by atoms with Gasteiger partial charge in [-0.2, -0.15) is 0 Å². The number of nitrogens with zero attached hydrogens (tertiary/aromatic N) is 1. The molecular weight excluding hydrogens is 256 g/mol. The zero-order valence-electron chi connectivity index (χ0n) is 15.0. The normalized spacial score (nSPS) is 30.3. The Kier molecular flexibility index (Phi) is 6.55. The van der Waals surface area contributed by atoms with Gasteiger partial charge in [0.15, 0.2) is 0 Å². The Bertz CT molecular complexity index is 298. The molecule has 0 aromatic heterocycles. The lowest BCUT2D eigenvalue weighted by Crippen LogP contribution is -2.48. The van der Waals surface area contributed by atoms with Crippen molar-refractivity contribution in [3.63, 3.8) is 0 Å². The van der Waals surface area contributed by atoms with Crippen LogP contribution in [0, 0.1) is 17.3 Å². The summed E-state index contributed by atoms with van der Waals surface area (Å²) >= 11 is 0. The summed E-state index contributed by atoms with van der Waals surface area (Å²) in [7, 11) is 0. The number of rotatable bonds is 9. The van der Waals surface area contributed by atoms with Crippen LogP contribution in [0.15, 0.2) is 0 Å². The molecule has 2 rings (SSSR count). The first-order chi connectivity index (χ1) is 10.0. The zero-order chi connectivity index (χ0) is 15.3. The maximum absolute atomic E-state index is 3.80. The van der Waals surface area contributed by atoms with Crippen molar-refractivity contribution in [2.24, 2.45) is 17.3 Å². The van der Waals surface area contributed by atoms with Crippen LogP contribution in [0.25, 0.3) is 0 Å². The molecule has 2 aliphatic carbocycles. The molecular formula is C19H38N2. The highest BCUT2D eigenvalue weighted by atomic mass is 15.2. The topological polar surface area (TPSA) is 15.3 Å². The third-order valence-corrected chi connectivity index (χ3v) is 5.35. The van der Waals surface area contributed by atoms with Crippen molar-refractivity contribution < 1.29 is 0 Å². The largest absolute Gasteiger partial charge is 0.316 e. The van der Waals surface area contributed by atoms with Gasteiger partial charge < -0.3 is 5.32 Å². The smallest absolute Gasteiger partial charge is 0.00966 e. The maximum atomic E-state index is 3.80. The van der Waals surface area contributed by atoms with Gasteiger partial charge in [0.1, 0.15) is 0 Å². The molecule has 0 aromatic carbocycles. The van der Waals surface area contributed by atoms with E-state index in [1.165, 1.54) is 71.1 Å². The molecule has 2 atom stereocenters. The van der Waals surface area contributed by atoms with Gasteiger partial charge in [0.05, 0.1) is 0 Å². The highest BCUT2D eigenvalue weighted by Gasteiger charge is 2.39. The fourth-order valence-corrected chi connectivity index (χ4v) is 4.30. The Hall–Kier alpha value is -0.0800. The van der Waals surface area contributed by atoms with E-state index in [0.717, 1.165) is 17.9 Å². The predicted molar refractivity (Wildman–Crippen MR) is 92.7 cm³/mol. The molecule has 0 spiro atoms. The summed E-state index contributed by atoms with van der Waals surface area (Å²) in [5.41, 5.74) is 0.546. The Morgan fingerprint density at radius 3 is 2.57 bits per heavy atom. The average Bonchev–Trinajstić information content (AvgIpc) is 3.22. The SMILES string of the molecule is CCCN(CC1(CNCC(C)C)CCCC(C)C1)C1CC1. The summed E-state index contributed by atoms with van der Waals surface area (Å²) in [6.45, 7) is 14.5. The Balaban J connectivity index is 1.96. The minimum Gasteiger partial charge on any atom is -0.316 e. The molecule has 0 saturated heterocycles. The molecule has 0 aliphatic heterocycles. The number of hydrogen-bond donors (Lipinski definition) is 1. The first-order valence-electron chi connectivity index (χ1n) is 9.49. The highest BCUT2D eigenvalue weighted by molar-refractivity contribution is 4.94. The molecule has 2 heteroatoms. The predicted octanol–water partition coefficient (Wildman–Crippen LogP) is 4.30. The van der Waals surface area contributed by atoms with Gasteiger partial charge in [0.25, 0.3) is 0 Å². The van der Waals surface area contributed by atoms with Crippen molar-refractivity contribution in [3.8, 4) is 0 Å². The van der Waals surface area contributed by atoms with Crippen LogP contribution in [0.4, 0.5) is 0 Å². The second-order valence-electron chi connectivity index (χ2n) is 8.43. The van der Waals surface area contributed by atoms with Crippen LogP contribution in [-0.2, 0) is 0 Å². The molecule has 0 bridgehead atoms. The van der Waals surface area contributed by atoms with Gasteiger partial charge in [-0.25, -0.2) is 0 Å². The van der Waals surface area contributed by atoms with Crippen LogP contribution in [0.3, 0.4) is 0 Å². The lowest BCUT2D eigenvalue weighted by atomic mass is 9.69. The summed E-state index contributed by atoms with van der Waals surface area (Å²) in [6.07, 6.45) is 9.97. The van der Waals surface area contributed by atoms with Crippen molar-refractivity contribution in [2.45, 2.75) is 78.7 Å². The van der Waals surface area contributed by atoms with E-state index in [2.05, 4.69) is 37.9 Å². The van der Waals surface area contributed by atoms with Gasteiger partial charge in [0.2, 0.25) is 0 Å². The van der Waals surface area contributed by atoms with Crippen molar-refractivity contribution in [1.29, 1.82) is 0 Å². The molecule has 2 unspecified atom stereocenters. The van der Waals surface area contributed by atoms with Crippen molar-refractivity contribution in [2.75, 3.05) is 26.2 Å². The molecule has 1 N–H and O–H groups in total. The van der Waals surface area contributed by atoms with E-state index in [0.29, 0.717) is 5.41 Å². The number of nitrogens with one attached hydrogen (secondary N) is 1. The van der Waals surface area contributed by atoms with Crippen LogP contribution < -0.4 is 5.32 Å². The molecule has 2 fully saturated rings. The van der Waals surface area contributed by atoms with Crippen molar-refractivity contribution >= 4 is 0 Å². The average molecular weight is 295 g/mol. The highest BCUT2D eigenvalue weighted by Crippen LogP contribution is 2.41.